The topological polar surface area (TPSA) is 0 Å². The van der Waals surface area contributed by atoms with Gasteiger partial charge >= 0.3 is 17.1 Å². The largest absolute Gasteiger partial charge is 1.00 e. The van der Waals surface area contributed by atoms with Crippen molar-refractivity contribution < 1.29 is 17.1 Å². The summed E-state index contributed by atoms with van der Waals surface area (Å²) in [6, 6.07) is 0. The molecule has 0 fully saturated rings. The molecule has 0 aromatic rings. The zero-order chi connectivity index (χ0) is 3.41. The minimum atomic E-state index is 0. The zero-order valence-electron chi connectivity index (χ0n) is 4.16. The van der Waals surface area contributed by atoms with E-state index in [1.807, 2.05) is 13.0 Å². The molecule has 1 radical (unpaired) electrons. The average molecular weight is 126 g/mol. The van der Waals surface area contributed by atoms with Crippen molar-refractivity contribution >= 4 is 18.9 Å². The van der Waals surface area contributed by atoms with Crippen molar-refractivity contribution in [3.63, 3.8) is 0 Å². The van der Waals surface area contributed by atoms with Gasteiger partial charge in [-0.25, -0.2) is 19.1 Å². The first-order valence-electron chi connectivity index (χ1n) is 1.32. The second-order valence-electron chi connectivity index (χ2n) is 0.569. The van der Waals surface area contributed by atoms with Crippen LogP contribution in [0.15, 0.2) is 12.2 Å². The molecule has 0 spiro atoms. The first-order valence-corrected chi connectivity index (χ1v) is 1.32. The molecule has 6 heavy (non-hydrogen) atoms. The van der Waals surface area contributed by atoms with Crippen molar-refractivity contribution in [1.29, 1.82) is 0 Å². The number of allylic oxidation sites excluding steroid dienone is 2. The van der Waals surface area contributed by atoms with Gasteiger partial charge in [-0.05, 0) is 0 Å². The van der Waals surface area contributed by atoms with Gasteiger partial charge in [-0.3, -0.25) is 0 Å². The molecule has 0 nitrogen and oxygen atoms in total. The van der Waals surface area contributed by atoms with Crippen molar-refractivity contribution in [2.45, 2.75) is 6.92 Å². The van der Waals surface area contributed by atoms with E-state index in [0.717, 1.165) is 0 Å². The monoisotopic (exact) mass is 125 g/mol. The fraction of sp³-hybridized carbons (Fsp3) is 0.250. The molecule has 0 saturated carbocycles. The summed E-state index contributed by atoms with van der Waals surface area (Å²) in [6.45, 7) is 5.36. The molecule has 0 bridgehead atoms. The summed E-state index contributed by atoms with van der Waals surface area (Å²) in [5.41, 5.74) is 0. The van der Waals surface area contributed by atoms with Crippen LogP contribution < -0.4 is 0 Å². The Morgan fingerprint density at radius 2 is 1.67 bits per heavy atom. The Bertz CT molecular complexity index is 22.7. The maximum atomic E-state index is 3.42. The molecule has 0 atom stereocenters. The van der Waals surface area contributed by atoms with E-state index >= 15 is 0 Å². The number of hydrogen-bond donors (Lipinski definition) is 0. The van der Waals surface area contributed by atoms with Crippen molar-refractivity contribution in [3.8, 4) is 0 Å². The van der Waals surface area contributed by atoms with E-state index in [1.54, 1.807) is 6.08 Å². The van der Waals surface area contributed by atoms with E-state index in [-0.39, 0.29) is 35.9 Å². The number of hydrogen-bond acceptors (Lipinski definition) is 0. The van der Waals surface area contributed by atoms with Crippen LogP contribution in [-0.2, 0) is 17.1 Å². The quantitative estimate of drug-likeness (QED) is 0.335. The molecular formula is C4H7CuLi. The van der Waals surface area contributed by atoms with Crippen molar-refractivity contribution in [3.05, 3.63) is 19.1 Å². The third-order valence-electron chi connectivity index (χ3n) is 0.236. The second-order valence-corrected chi connectivity index (χ2v) is 0.569. The normalized spacial score (nSPS) is 6.17. The van der Waals surface area contributed by atoms with Crippen molar-refractivity contribution in [1.82, 2.24) is 0 Å². The molecule has 0 aliphatic rings. The average Bonchev–Trinajstić information content (AvgIpc) is 1.37. The first-order chi connectivity index (χ1) is 1.91. The molecule has 0 saturated heterocycles. The van der Waals surface area contributed by atoms with E-state index < -0.39 is 0 Å². The van der Waals surface area contributed by atoms with Gasteiger partial charge in [-0.1, -0.05) is 0 Å². The van der Waals surface area contributed by atoms with E-state index in [9.17, 15) is 0 Å². The van der Waals surface area contributed by atoms with E-state index in [4.69, 9.17) is 0 Å². The van der Waals surface area contributed by atoms with Crippen molar-refractivity contribution in [2.75, 3.05) is 0 Å². The Morgan fingerprint density at radius 3 is 1.67 bits per heavy atom. The van der Waals surface area contributed by atoms with Crippen LogP contribution in [0.1, 0.15) is 6.92 Å². The molecule has 2 heteroatoms. The van der Waals surface area contributed by atoms with Crippen LogP contribution in [0, 0.1) is 6.92 Å². The van der Waals surface area contributed by atoms with Gasteiger partial charge in [0, 0.05) is 18.9 Å². The minimum Gasteiger partial charge on any atom is -0.245 e. The van der Waals surface area contributed by atoms with Gasteiger partial charge in [-0.2, -0.15) is 0 Å². The van der Waals surface area contributed by atoms with Gasteiger partial charge in [0.15, 0.2) is 0 Å². The zero-order valence-corrected chi connectivity index (χ0v) is 5.10. The molecular weight excluding hydrogens is 119 g/mol. The SMILES string of the molecule is [CH2-]/C=C/C.[Cu+].[Li]. The summed E-state index contributed by atoms with van der Waals surface area (Å²) in [6.07, 6.45) is 3.64. The summed E-state index contributed by atoms with van der Waals surface area (Å²) in [5, 5.41) is 0. The van der Waals surface area contributed by atoms with E-state index in [2.05, 4.69) is 6.92 Å². The summed E-state index contributed by atoms with van der Waals surface area (Å²) in [5.74, 6) is 0. The van der Waals surface area contributed by atoms with E-state index in [0.29, 0.717) is 0 Å². The molecule has 0 aliphatic carbocycles. The van der Waals surface area contributed by atoms with Crippen LogP contribution in [0.25, 0.3) is 0 Å². The standard InChI is InChI=1S/C4H7.Cu.Li/c1-3-4-2;;/h3-4H,1H2,2H3;;/q-1;+1;/b4-3+;;. The summed E-state index contributed by atoms with van der Waals surface area (Å²) < 4.78 is 0. The Labute approximate surface area is 62.0 Å². The predicted octanol–water partition coefficient (Wildman–Crippen LogP) is 1.01. The Morgan fingerprint density at radius 1 is 1.50 bits per heavy atom. The van der Waals surface area contributed by atoms with Gasteiger partial charge in [0.05, 0.1) is 0 Å². The van der Waals surface area contributed by atoms with Gasteiger partial charge in [-0.15, -0.1) is 6.92 Å². The van der Waals surface area contributed by atoms with Crippen LogP contribution in [0.3, 0.4) is 0 Å². The third-order valence-corrected chi connectivity index (χ3v) is 0.236. The van der Waals surface area contributed by atoms with Gasteiger partial charge in [0.2, 0.25) is 0 Å². The van der Waals surface area contributed by atoms with Crippen LogP contribution in [0.4, 0.5) is 0 Å². The summed E-state index contributed by atoms with van der Waals surface area (Å²) in [7, 11) is 0. The van der Waals surface area contributed by atoms with Gasteiger partial charge in [0.1, 0.15) is 0 Å². The molecule has 0 aromatic carbocycles. The smallest absolute Gasteiger partial charge is 0.245 e. The fourth-order valence-electron chi connectivity index (χ4n) is 0. The van der Waals surface area contributed by atoms with Gasteiger partial charge in [0.25, 0.3) is 0 Å². The predicted molar refractivity (Wildman–Crippen MR) is 25.9 cm³/mol. The molecule has 35 valence electrons. The minimum absolute atomic E-state index is 0. The number of rotatable bonds is 0. The molecule has 0 heterocycles. The van der Waals surface area contributed by atoms with Crippen LogP contribution in [0.2, 0.25) is 0 Å². The Balaban J connectivity index is -0.0000000450. The maximum Gasteiger partial charge on any atom is 1.00 e. The van der Waals surface area contributed by atoms with Crippen LogP contribution >= 0.6 is 0 Å². The maximum absolute atomic E-state index is 3.42. The molecule has 0 unspecified atom stereocenters. The van der Waals surface area contributed by atoms with E-state index in [1.165, 1.54) is 0 Å². The van der Waals surface area contributed by atoms with Crippen LogP contribution in [-0.4, -0.2) is 18.9 Å². The molecule has 0 aliphatic heterocycles. The Hall–Kier alpha value is 0.727. The first kappa shape index (κ1) is 15.9. The molecule has 0 rings (SSSR count). The molecule has 0 N–H and O–H groups in total. The molecule has 0 amide bonds. The second kappa shape index (κ2) is 17.2. The van der Waals surface area contributed by atoms with Gasteiger partial charge < -0.3 is 0 Å². The third kappa shape index (κ3) is 22.0. The molecule has 0 aromatic heterocycles. The summed E-state index contributed by atoms with van der Waals surface area (Å²) in [4.78, 5) is 0. The van der Waals surface area contributed by atoms with Crippen molar-refractivity contribution in [2.24, 2.45) is 0 Å². The fourth-order valence-corrected chi connectivity index (χ4v) is 0. The van der Waals surface area contributed by atoms with Crippen LogP contribution in [0.5, 0.6) is 0 Å². The summed E-state index contributed by atoms with van der Waals surface area (Å²) >= 11 is 0. The Kier molecular flexibility index (Phi) is 45.6.